The zero-order valence-corrected chi connectivity index (χ0v) is 13.1. The van der Waals surface area contributed by atoms with Gasteiger partial charge in [0.05, 0.1) is 13.2 Å². The SMILES string of the molecule is FC(F)(F)c1cc(N2CCOC(c3cccs3)C2)n2ncnc2n1. The van der Waals surface area contributed by atoms with Gasteiger partial charge in [-0.2, -0.15) is 27.8 Å². The Labute approximate surface area is 138 Å². The normalized spacial score (nSPS) is 19.1. The molecule has 0 N–H and O–H groups in total. The summed E-state index contributed by atoms with van der Waals surface area (Å²) in [5.41, 5.74) is -0.975. The molecule has 0 spiro atoms. The van der Waals surface area contributed by atoms with E-state index >= 15 is 0 Å². The Hall–Kier alpha value is -2.20. The van der Waals surface area contributed by atoms with Gasteiger partial charge < -0.3 is 9.64 Å². The average molecular weight is 355 g/mol. The van der Waals surface area contributed by atoms with E-state index in [1.165, 1.54) is 10.8 Å². The van der Waals surface area contributed by atoms with Gasteiger partial charge in [0.15, 0.2) is 5.69 Å². The second-order valence-corrected chi connectivity index (χ2v) is 6.27. The number of ether oxygens (including phenoxy) is 1. The fraction of sp³-hybridized carbons (Fsp3) is 0.357. The number of fused-ring (bicyclic) bond motifs is 1. The Bertz CT molecular complexity index is 848. The first-order chi connectivity index (χ1) is 11.5. The lowest BCUT2D eigenvalue weighted by Gasteiger charge is -2.34. The molecular formula is C14H12F3N5OS. The average Bonchev–Trinajstić information content (AvgIpc) is 3.24. The van der Waals surface area contributed by atoms with Gasteiger partial charge in [0.1, 0.15) is 18.2 Å². The number of thiophene rings is 1. The predicted molar refractivity (Wildman–Crippen MR) is 81.0 cm³/mol. The molecule has 0 saturated carbocycles. The number of hydrogen-bond donors (Lipinski definition) is 0. The van der Waals surface area contributed by atoms with E-state index in [0.29, 0.717) is 25.5 Å². The zero-order chi connectivity index (χ0) is 16.7. The molecule has 0 aliphatic carbocycles. The molecule has 6 nitrogen and oxygen atoms in total. The number of anilines is 1. The molecule has 1 atom stereocenters. The second kappa shape index (κ2) is 5.71. The maximum Gasteiger partial charge on any atom is 0.433 e. The minimum atomic E-state index is -4.54. The predicted octanol–water partition coefficient (Wildman–Crippen LogP) is 2.78. The van der Waals surface area contributed by atoms with Crippen LogP contribution in [0.25, 0.3) is 5.78 Å². The number of halogens is 3. The van der Waals surface area contributed by atoms with E-state index in [4.69, 9.17) is 4.74 Å². The fourth-order valence-electron chi connectivity index (χ4n) is 2.67. The quantitative estimate of drug-likeness (QED) is 0.708. The van der Waals surface area contributed by atoms with E-state index in [1.54, 1.807) is 11.3 Å². The molecule has 4 rings (SSSR count). The van der Waals surface area contributed by atoms with Gasteiger partial charge in [-0.3, -0.25) is 0 Å². The summed E-state index contributed by atoms with van der Waals surface area (Å²) >= 11 is 1.56. The summed E-state index contributed by atoms with van der Waals surface area (Å²) in [5, 5.41) is 5.95. The van der Waals surface area contributed by atoms with Crippen LogP contribution in [-0.4, -0.2) is 39.3 Å². The molecule has 0 bridgehead atoms. The van der Waals surface area contributed by atoms with Gasteiger partial charge in [-0.05, 0) is 11.4 Å². The van der Waals surface area contributed by atoms with Gasteiger partial charge in [-0.1, -0.05) is 6.07 Å². The van der Waals surface area contributed by atoms with Crippen molar-refractivity contribution in [2.24, 2.45) is 0 Å². The van der Waals surface area contributed by atoms with Crippen molar-refractivity contribution >= 4 is 22.9 Å². The lowest BCUT2D eigenvalue weighted by Crippen LogP contribution is -2.39. The molecule has 0 amide bonds. The molecule has 0 aromatic carbocycles. The van der Waals surface area contributed by atoms with Crippen LogP contribution in [0.2, 0.25) is 0 Å². The van der Waals surface area contributed by atoms with Crippen LogP contribution >= 0.6 is 11.3 Å². The van der Waals surface area contributed by atoms with E-state index in [-0.39, 0.29) is 11.9 Å². The van der Waals surface area contributed by atoms with Crippen LogP contribution in [0.1, 0.15) is 16.7 Å². The maximum absolute atomic E-state index is 13.1. The van der Waals surface area contributed by atoms with Crippen molar-refractivity contribution < 1.29 is 17.9 Å². The van der Waals surface area contributed by atoms with E-state index < -0.39 is 11.9 Å². The minimum absolute atomic E-state index is 0.0704. The molecule has 0 radical (unpaired) electrons. The van der Waals surface area contributed by atoms with Gasteiger partial charge in [-0.25, -0.2) is 4.98 Å². The van der Waals surface area contributed by atoms with Gasteiger partial charge in [0, 0.05) is 17.5 Å². The van der Waals surface area contributed by atoms with Crippen LogP contribution in [0, 0.1) is 0 Å². The molecule has 126 valence electrons. The van der Waals surface area contributed by atoms with Crippen LogP contribution in [0.15, 0.2) is 29.9 Å². The van der Waals surface area contributed by atoms with Crippen molar-refractivity contribution in [1.82, 2.24) is 19.6 Å². The highest BCUT2D eigenvalue weighted by Gasteiger charge is 2.35. The summed E-state index contributed by atoms with van der Waals surface area (Å²) in [6.07, 6.45) is -3.52. The second-order valence-electron chi connectivity index (χ2n) is 5.29. The van der Waals surface area contributed by atoms with Gasteiger partial charge in [0.2, 0.25) is 0 Å². The number of hydrogen-bond acceptors (Lipinski definition) is 6. The molecule has 1 aliphatic rings. The van der Waals surface area contributed by atoms with Crippen molar-refractivity contribution in [3.63, 3.8) is 0 Å². The Morgan fingerprint density at radius 3 is 2.96 bits per heavy atom. The summed E-state index contributed by atoms with van der Waals surface area (Å²) in [5.74, 6) is 0.244. The highest BCUT2D eigenvalue weighted by atomic mass is 32.1. The Kier molecular flexibility index (Phi) is 3.65. The fourth-order valence-corrected chi connectivity index (χ4v) is 3.44. The summed E-state index contributed by atoms with van der Waals surface area (Å²) in [6.45, 7) is 1.33. The third-order valence-corrected chi connectivity index (χ3v) is 4.74. The zero-order valence-electron chi connectivity index (χ0n) is 12.3. The lowest BCUT2D eigenvalue weighted by atomic mass is 10.2. The standard InChI is InChI=1S/C14H12F3N5OS/c15-14(16,17)11-6-12(22-13(20-11)18-8-19-22)21-3-4-23-9(7-21)10-2-1-5-24-10/h1-2,5-6,8-9H,3-4,7H2. The summed E-state index contributed by atoms with van der Waals surface area (Å²) in [6, 6.07) is 4.89. The van der Waals surface area contributed by atoms with E-state index in [2.05, 4.69) is 15.1 Å². The smallest absolute Gasteiger partial charge is 0.369 e. The molecule has 3 aromatic rings. The number of aromatic nitrogens is 4. The first kappa shape index (κ1) is 15.3. The number of nitrogens with zero attached hydrogens (tertiary/aromatic N) is 5. The molecule has 1 saturated heterocycles. The molecule has 1 fully saturated rings. The molecule has 10 heteroatoms. The van der Waals surface area contributed by atoms with Crippen LogP contribution in [0.3, 0.4) is 0 Å². The van der Waals surface area contributed by atoms with E-state index in [1.807, 2.05) is 22.4 Å². The van der Waals surface area contributed by atoms with Crippen LogP contribution < -0.4 is 4.90 Å². The number of alkyl halides is 3. The first-order valence-electron chi connectivity index (χ1n) is 7.20. The van der Waals surface area contributed by atoms with Gasteiger partial charge in [-0.15, -0.1) is 11.3 Å². The third-order valence-electron chi connectivity index (χ3n) is 3.77. The van der Waals surface area contributed by atoms with Crippen molar-refractivity contribution in [3.8, 4) is 0 Å². The van der Waals surface area contributed by atoms with Crippen molar-refractivity contribution in [3.05, 3.63) is 40.5 Å². The minimum Gasteiger partial charge on any atom is -0.369 e. The van der Waals surface area contributed by atoms with E-state index in [0.717, 1.165) is 10.9 Å². The van der Waals surface area contributed by atoms with Gasteiger partial charge in [0.25, 0.3) is 5.78 Å². The molecule has 24 heavy (non-hydrogen) atoms. The topological polar surface area (TPSA) is 55.6 Å². The summed E-state index contributed by atoms with van der Waals surface area (Å²) < 4.78 is 46.4. The molecule has 1 aliphatic heterocycles. The lowest BCUT2D eigenvalue weighted by molar-refractivity contribution is -0.141. The Balaban J connectivity index is 1.73. The highest BCUT2D eigenvalue weighted by Crippen LogP contribution is 2.33. The molecule has 4 heterocycles. The highest BCUT2D eigenvalue weighted by molar-refractivity contribution is 7.10. The molecule has 3 aromatic heterocycles. The largest absolute Gasteiger partial charge is 0.433 e. The maximum atomic E-state index is 13.1. The van der Waals surface area contributed by atoms with Crippen LogP contribution in [0.5, 0.6) is 0 Å². The molecular weight excluding hydrogens is 343 g/mol. The van der Waals surface area contributed by atoms with Crippen LogP contribution in [0.4, 0.5) is 19.0 Å². The van der Waals surface area contributed by atoms with Crippen LogP contribution in [-0.2, 0) is 10.9 Å². The van der Waals surface area contributed by atoms with Crippen molar-refractivity contribution in [2.75, 3.05) is 24.6 Å². The van der Waals surface area contributed by atoms with E-state index in [9.17, 15) is 13.2 Å². The molecule has 1 unspecified atom stereocenters. The van der Waals surface area contributed by atoms with Crippen molar-refractivity contribution in [2.45, 2.75) is 12.3 Å². The number of rotatable bonds is 2. The third kappa shape index (κ3) is 2.71. The Morgan fingerprint density at radius 1 is 1.33 bits per heavy atom. The van der Waals surface area contributed by atoms with Gasteiger partial charge >= 0.3 is 6.18 Å². The van der Waals surface area contributed by atoms with Crippen molar-refractivity contribution in [1.29, 1.82) is 0 Å². The summed E-state index contributed by atoms with van der Waals surface area (Å²) in [7, 11) is 0. The monoisotopic (exact) mass is 355 g/mol. The first-order valence-corrected chi connectivity index (χ1v) is 8.08. The summed E-state index contributed by atoms with van der Waals surface area (Å²) in [4.78, 5) is 10.2. The Morgan fingerprint density at radius 2 is 2.21 bits per heavy atom. The number of morpholine rings is 1.